The maximum atomic E-state index is 12.8. The third kappa shape index (κ3) is 2.65. The number of nitrogens with one attached hydrogen (secondary N) is 1. The number of H-pyrrole nitrogens is 1. The van der Waals surface area contributed by atoms with E-state index in [9.17, 15) is 9.59 Å². The second kappa shape index (κ2) is 6.04. The molecule has 3 aromatic rings. The second-order valence-electron chi connectivity index (χ2n) is 5.70. The van der Waals surface area contributed by atoms with Crippen molar-refractivity contribution in [2.24, 2.45) is 0 Å². The zero-order chi connectivity index (χ0) is 17.4. The van der Waals surface area contributed by atoms with Crippen LogP contribution >= 0.6 is 0 Å². The fraction of sp³-hybridized carbons (Fsp3) is 0.375. The normalized spacial score (nSPS) is 11.3. The number of hydrogen-bond donors (Lipinski definition) is 1. The number of aromatic nitrogens is 5. The number of methoxy groups -OCH3 is 1. The number of ether oxygens (including phenoxy) is 1. The summed E-state index contributed by atoms with van der Waals surface area (Å²) in [4.78, 5) is 33.7. The van der Waals surface area contributed by atoms with Crippen molar-refractivity contribution in [2.75, 3.05) is 13.7 Å². The largest absolute Gasteiger partial charge is 0.383 e. The molecule has 1 N–H and O–H groups in total. The maximum Gasteiger partial charge on any atom is 0.283 e. The number of aryl methyl sites for hydroxylation is 3. The van der Waals surface area contributed by atoms with Crippen molar-refractivity contribution in [2.45, 2.75) is 27.3 Å². The van der Waals surface area contributed by atoms with Crippen molar-refractivity contribution < 1.29 is 4.74 Å². The van der Waals surface area contributed by atoms with E-state index in [0.29, 0.717) is 29.7 Å². The standard InChI is InChI=1S/C16H19N5O3/c1-9-7-10(2)18-16(17-9)21-15(23)14-11(3)20(5-6-24-4)13(22)8-12(14)19-21/h7-8,19H,5-6H2,1-4H3. The molecule has 0 fully saturated rings. The van der Waals surface area contributed by atoms with Gasteiger partial charge in [-0.2, -0.15) is 4.68 Å². The van der Waals surface area contributed by atoms with Crippen LogP contribution in [0.25, 0.3) is 16.9 Å². The number of rotatable bonds is 4. The molecule has 0 saturated heterocycles. The molecule has 3 rings (SSSR count). The molecule has 8 heteroatoms. The van der Waals surface area contributed by atoms with Crippen LogP contribution < -0.4 is 11.1 Å². The predicted octanol–water partition coefficient (Wildman–Crippen LogP) is 0.842. The first-order chi connectivity index (χ1) is 11.4. The van der Waals surface area contributed by atoms with E-state index in [-0.39, 0.29) is 17.1 Å². The Hall–Kier alpha value is -2.74. The van der Waals surface area contributed by atoms with Crippen molar-refractivity contribution in [1.29, 1.82) is 0 Å². The highest BCUT2D eigenvalue weighted by Crippen LogP contribution is 2.12. The van der Waals surface area contributed by atoms with Gasteiger partial charge in [0.1, 0.15) is 0 Å². The fourth-order valence-electron chi connectivity index (χ4n) is 2.82. The van der Waals surface area contributed by atoms with Gasteiger partial charge in [0.05, 0.1) is 17.5 Å². The summed E-state index contributed by atoms with van der Waals surface area (Å²) < 4.78 is 7.84. The highest BCUT2D eigenvalue weighted by Gasteiger charge is 2.16. The highest BCUT2D eigenvalue weighted by atomic mass is 16.5. The summed E-state index contributed by atoms with van der Waals surface area (Å²) in [7, 11) is 1.57. The minimum atomic E-state index is -0.279. The van der Waals surface area contributed by atoms with Crippen LogP contribution in [0.4, 0.5) is 0 Å². The molecule has 0 bridgehead atoms. The number of pyridine rings is 1. The average molecular weight is 329 g/mol. The van der Waals surface area contributed by atoms with Crippen LogP contribution in [0.2, 0.25) is 0 Å². The quantitative estimate of drug-likeness (QED) is 0.765. The van der Waals surface area contributed by atoms with Crippen molar-refractivity contribution in [3.05, 3.63) is 49.9 Å². The van der Waals surface area contributed by atoms with Crippen LogP contribution in [-0.2, 0) is 11.3 Å². The lowest BCUT2D eigenvalue weighted by atomic mass is 10.2. The molecule has 8 nitrogen and oxygen atoms in total. The highest BCUT2D eigenvalue weighted by molar-refractivity contribution is 5.80. The molecule has 0 amide bonds. The smallest absolute Gasteiger partial charge is 0.283 e. The second-order valence-corrected chi connectivity index (χ2v) is 5.70. The van der Waals surface area contributed by atoms with Gasteiger partial charge in [-0.15, -0.1) is 0 Å². The molecule has 24 heavy (non-hydrogen) atoms. The Morgan fingerprint density at radius 2 is 1.79 bits per heavy atom. The van der Waals surface area contributed by atoms with Crippen LogP contribution in [0.3, 0.4) is 0 Å². The van der Waals surface area contributed by atoms with Crippen molar-refractivity contribution in [3.63, 3.8) is 0 Å². The first-order valence-electron chi connectivity index (χ1n) is 7.59. The molecule has 0 aromatic carbocycles. The molecule has 0 aliphatic carbocycles. The zero-order valence-corrected chi connectivity index (χ0v) is 14.1. The lowest BCUT2D eigenvalue weighted by Gasteiger charge is -2.08. The van der Waals surface area contributed by atoms with E-state index in [0.717, 1.165) is 11.4 Å². The third-order valence-electron chi connectivity index (χ3n) is 3.91. The van der Waals surface area contributed by atoms with Gasteiger partial charge < -0.3 is 9.30 Å². The summed E-state index contributed by atoms with van der Waals surface area (Å²) in [6.45, 7) is 6.21. The van der Waals surface area contributed by atoms with Crippen molar-refractivity contribution in [1.82, 2.24) is 24.3 Å². The number of fused-ring (bicyclic) bond motifs is 1. The van der Waals surface area contributed by atoms with Gasteiger partial charge in [-0.1, -0.05) is 0 Å². The van der Waals surface area contributed by atoms with Crippen molar-refractivity contribution >= 4 is 10.9 Å². The van der Waals surface area contributed by atoms with Gasteiger partial charge in [-0.05, 0) is 26.8 Å². The molecule has 0 spiro atoms. The molecule has 0 aliphatic heterocycles. The molecule has 0 atom stereocenters. The summed E-state index contributed by atoms with van der Waals surface area (Å²) in [6, 6.07) is 3.25. The van der Waals surface area contributed by atoms with Crippen LogP contribution in [0.15, 0.2) is 21.7 Å². The van der Waals surface area contributed by atoms with E-state index < -0.39 is 0 Å². The molecular weight excluding hydrogens is 310 g/mol. The maximum absolute atomic E-state index is 12.8. The predicted molar refractivity (Wildman–Crippen MR) is 89.8 cm³/mol. The minimum Gasteiger partial charge on any atom is -0.383 e. The first kappa shape index (κ1) is 16.1. The molecule has 0 radical (unpaired) electrons. The zero-order valence-electron chi connectivity index (χ0n) is 14.1. The van der Waals surface area contributed by atoms with Gasteiger partial charge in [0, 0.05) is 36.8 Å². The topological polar surface area (TPSA) is 94.8 Å². The Balaban J connectivity index is 2.26. The minimum absolute atomic E-state index is 0.188. The molecule has 126 valence electrons. The van der Waals surface area contributed by atoms with E-state index in [1.54, 1.807) is 14.0 Å². The van der Waals surface area contributed by atoms with E-state index >= 15 is 0 Å². The Bertz CT molecular complexity index is 1010. The Morgan fingerprint density at radius 3 is 2.42 bits per heavy atom. The molecule has 0 unspecified atom stereocenters. The molecular formula is C16H19N5O3. The third-order valence-corrected chi connectivity index (χ3v) is 3.91. The summed E-state index contributed by atoms with van der Waals surface area (Å²) >= 11 is 0. The Labute approximate surface area is 137 Å². The van der Waals surface area contributed by atoms with Gasteiger partial charge in [0.2, 0.25) is 0 Å². The number of hydrogen-bond acceptors (Lipinski definition) is 5. The summed E-state index contributed by atoms with van der Waals surface area (Å²) in [5, 5.41) is 3.39. The number of nitrogens with zero attached hydrogens (tertiary/aromatic N) is 4. The van der Waals surface area contributed by atoms with E-state index in [1.807, 2.05) is 19.9 Å². The molecule has 0 aliphatic rings. The van der Waals surface area contributed by atoms with Gasteiger partial charge in [-0.25, -0.2) is 9.97 Å². The summed E-state index contributed by atoms with van der Waals surface area (Å²) in [5.41, 5.74) is 2.13. The van der Waals surface area contributed by atoms with Gasteiger partial charge in [0.25, 0.3) is 17.1 Å². The molecule has 0 saturated carbocycles. The Morgan fingerprint density at radius 1 is 1.12 bits per heavy atom. The van der Waals surface area contributed by atoms with E-state index in [4.69, 9.17) is 4.74 Å². The fourth-order valence-corrected chi connectivity index (χ4v) is 2.82. The monoisotopic (exact) mass is 329 g/mol. The summed E-state index contributed by atoms with van der Waals surface area (Å²) in [5.74, 6) is 0.268. The van der Waals surface area contributed by atoms with Crippen molar-refractivity contribution in [3.8, 4) is 5.95 Å². The lowest BCUT2D eigenvalue weighted by Crippen LogP contribution is -2.25. The lowest BCUT2D eigenvalue weighted by molar-refractivity contribution is 0.185. The average Bonchev–Trinajstić information content (AvgIpc) is 2.83. The first-order valence-corrected chi connectivity index (χ1v) is 7.59. The van der Waals surface area contributed by atoms with Gasteiger partial charge in [-0.3, -0.25) is 14.7 Å². The van der Waals surface area contributed by atoms with Crippen LogP contribution in [0, 0.1) is 20.8 Å². The summed E-state index contributed by atoms with van der Waals surface area (Å²) in [6.07, 6.45) is 0. The van der Waals surface area contributed by atoms with Gasteiger partial charge >= 0.3 is 0 Å². The van der Waals surface area contributed by atoms with E-state index in [1.165, 1.54) is 15.3 Å². The van der Waals surface area contributed by atoms with E-state index in [2.05, 4.69) is 15.1 Å². The van der Waals surface area contributed by atoms with Crippen LogP contribution in [-0.4, -0.2) is 38.0 Å². The molecule has 3 aromatic heterocycles. The molecule has 3 heterocycles. The Kier molecular flexibility index (Phi) is 4.06. The van der Waals surface area contributed by atoms with Crippen LogP contribution in [0.5, 0.6) is 0 Å². The SMILES string of the molecule is COCCn1c(C)c2c(=O)n(-c3nc(C)cc(C)n3)[nH]c2cc1=O. The number of aromatic amines is 1. The van der Waals surface area contributed by atoms with Gasteiger partial charge in [0.15, 0.2) is 0 Å². The van der Waals surface area contributed by atoms with Crippen LogP contribution in [0.1, 0.15) is 17.1 Å².